The van der Waals surface area contributed by atoms with Crippen molar-refractivity contribution in [2.45, 2.75) is 13.5 Å². The number of para-hydroxylation sites is 1. The van der Waals surface area contributed by atoms with E-state index in [1.807, 2.05) is 49.4 Å². The van der Waals surface area contributed by atoms with Crippen LogP contribution in [0.1, 0.15) is 21.7 Å². The Balaban J connectivity index is 1.82. The quantitative estimate of drug-likeness (QED) is 0.765. The Kier molecular flexibility index (Phi) is 3.21. The molecule has 100 valence electrons. The third-order valence-corrected chi connectivity index (χ3v) is 3.17. The topological polar surface area (TPSA) is 57.8 Å². The summed E-state index contributed by atoms with van der Waals surface area (Å²) in [6.07, 6.45) is 0. The van der Waals surface area contributed by atoms with E-state index in [0.29, 0.717) is 12.1 Å². The fraction of sp³-hybridized carbons (Fsp3) is 0.125. The molecule has 3 rings (SSSR count). The number of aryl methyl sites for hydroxylation is 1. The summed E-state index contributed by atoms with van der Waals surface area (Å²) in [5.41, 5.74) is 3.28. The highest BCUT2D eigenvalue weighted by Gasteiger charge is 2.12. The third kappa shape index (κ3) is 2.40. The fourth-order valence-electron chi connectivity index (χ4n) is 2.21. The van der Waals surface area contributed by atoms with Crippen molar-refractivity contribution in [1.29, 1.82) is 0 Å². The molecule has 1 aromatic heterocycles. The first-order chi connectivity index (χ1) is 9.74. The molecule has 1 heterocycles. The molecule has 0 atom stereocenters. The van der Waals surface area contributed by atoms with Gasteiger partial charge in [-0.1, -0.05) is 36.4 Å². The number of hydrogen-bond acceptors (Lipinski definition) is 2. The van der Waals surface area contributed by atoms with Crippen molar-refractivity contribution < 1.29 is 4.79 Å². The highest BCUT2D eigenvalue weighted by Crippen LogP contribution is 2.16. The van der Waals surface area contributed by atoms with E-state index in [9.17, 15) is 4.79 Å². The Morgan fingerprint density at radius 3 is 2.75 bits per heavy atom. The van der Waals surface area contributed by atoms with Crippen molar-refractivity contribution in [2.75, 3.05) is 0 Å². The number of carbonyl (C=O) groups excluding carboxylic acids is 1. The highest BCUT2D eigenvalue weighted by atomic mass is 16.1. The van der Waals surface area contributed by atoms with Gasteiger partial charge in [0, 0.05) is 6.54 Å². The van der Waals surface area contributed by atoms with E-state index in [1.54, 1.807) is 6.07 Å². The molecule has 0 aliphatic carbocycles. The monoisotopic (exact) mass is 265 g/mol. The molecule has 0 fully saturated rings. The lowest BCUT2D eigenvalue weighted by Gasteiger charge is -2.05. The lowest BCUT2D eigenvalue weighted by molar-refractivity contribution is 0.0952. The molecule has 0 unspecified atom stereocenters. The van der Waals surface area contributed by atoms with Crippen LogP contribution in [0.4, 0.5) is 0 Å². The van der Waals surface area contributed by atoms with Gasteiger partial charge in [0.05, 0.1) is 11.1 Å². The molecule has 1 amide bonds. The number of benzene rings is 2. The standard InChI is InChI=1S/C16H15N3O/c1-11-18-14-9-5-8-13(15(14)19-11)16(20)17-10-12-6-3-2-4-7-12/h2-9H,10H2,1H3,(H,17,20)(H,18,19). The van der Waals surface area contributed by atoms with E-state index in [-0.39, 0.29) is 5.91 Å². The number of hydrogen-bond donors (Lipinski definition) is 2. The molecule has 0 aliphatic heterocycles. The number of H-pyrrole nitrogens is 1. The van der Waals surface area contributed by atoms with Gasteiger partial charge in [0.15, 0.2) is 0 Å². The summed E-state index contributed by atoms with van der Waals surface area (Å²) < 4.78 is 0. The van der Waals surface area contributed by atoms with Crippen molar-refractivity contribution in [3.05, 3.63) is 65.5 Å². The molecule has 0 saturated heterocycles. The Labute approximate surface area is 116 Å². The number of imidazole rings is 1. The molecular weight excluding hydrogens is 250 g/mol. The zero-order valence-corrected chi connectivity index (χ0v) is 11.2. The second kappa shape index (κ2) is 5.17. The summed E-state index contributed by atoms with van der Waals surface area (Å²) in [5, 5.41) is 2.92. The van der Waals surface area contributed by atoms with Crippen LogP contribution in [0.15, 0.2) is 48.5 Å². The minimum atomic E-state index is -0.106. The summed E-state index contributed by atoms with van der Waals surface area (Å²) in [7, 11) is 0. The maximum Gasteiger partial charge on any atom is 0.253 e. The van der Waals surface area contributed by atoms with Gasteiger partial charge >= 0.3 is 0 Å². The SMILES string of the molecule is Cc1nc2c(C(=O)NCc3ccccc3)cccc2[nH]1. The van der Waals surface area contributed by atoms with Crippen LogP contribution < -0.4 is 5.32 Å². The molecule has 3 aromatic rings. The van der Waals surface area contributed by atoms with E-state index in [1.165, 1.54) is 0 Å². The van der Waals surface area contributed by atoms with E-state index in [2.05, 4.69) is 15.3 Å². The molecule has 20 heavy (non-hydrogen) atoms. The van der Waals surface area contributed by atoms with Crippen LogP contribution in [0.3, 0.4) is 0 Å². The largest absolute Gasteiger partial charge is 0.348 e. The van der Waals surface area contributed by atoms with Gasteiger partial charge in [0.1, 0.15) is 11.3 Å². The van der Waals surface area contributed by atoms with E-state index in [0.717, 1.165) is 22.4 Å². The fourth-order valence-corrected chi connectivity index (χ4v) is 2.21. The number of amides is 1. The first-order valence-electron chi connectivity index (χ1n) is 6.51. The first-order valence-corrected chi connectivity index (χ1v) is 6.51. The van der Waals surface area contributed by atoms with Gasteiger partial charge in [-0.15, -0.1) is 0 Å². The van der Waals surface area contributed by atoms with E-state index < -0.39 is 0 Å². The summed E-state index contributed by atoms with van der Waals surface area (Å²) in [4.78, 5) is 19.8. The highest BCUT2D eigenvalue weighted by molar-refractivity contribution is 6.04. The average molecular weight is 265 g/mol. The molecule has 0 saturated carbocycles. The molecule has 2 N–H and O–H groups in total. The first kappa shape index (κ1) is 12.4. The second-order valence-corrected chi connectivity index (χ2v) is 4.69. The average Bonchev–Trinajstić information content (AvgIpc) is 2.85. The van der Waals surface area contributed by atoms with Crippen molar-refractivity contribution in [1.82, 2.24) is 15.3 Å². The Bertz CT molecular complexity index is 747. The van der Waals surface area contributed by atoms with Gasteiger partial charge in [-0.05, 0) is 24.6 Å². The molecule has 2 aromatic carbocycles. The van der Waals surface area contributed by atoms with E-state index in [4.69, 9.17) is 0 Å². The molecule has 0 bridgehead atoms. The van der Waals surface area contributed by atoms with Crippen molar-refractivity contribution >= 4 is 16.9 Å². The molecule has 0 aliphatic rings. The molecule has 0 radical (unpaired) electrons. The smallest absolute Gasteiger partial charge is 0.253 e. The van der Waals surface area contributed by atoms with Crippen LogP contribution in [0.25, 0.3) is 11.0 Å². The van der Waals surface area contributed by atoms with Crippen LogP contribution in [-0.4, -0.2) is 15.9 Å². The summed E-state index contributed by atoms with van der Waals surface area (Å²) in [5.74, 6) is 0.703. The van der Waals surface area contributed by atoms with Gasteiger partial charge in [-0.3, -0.25) is 4.79 Å². The number of rotatable bonds is 3. The number of nitrogens with one attached hydrogen (secondary N) is 2. The predicted octanol–water partition coefficient (Wildman–Crippen LogP) is 2.80. The summed E-state index contributed by atoms with van der Waals surface area (Å²) >= 11 is 0. The van der Waals surface area contributed by atoms with Crippen molar-refractivity contribution in [3.8, 4) is 0 Å². The predicted molar refractivity (Wildman–Crippen MR) is 78.4 cm³/mol. The van der Waals surface area contributed by atoms with Crippen LogP contribution in [0.2, 0.25) is 0 Å². The molecule has 0 spiro atoms. The Morgan fingerprint density at radius 1 is 1.15 bits per heavy atom. The number of aromatic nitrogens is 2. The van der Waals surface area contributed by atoms with Crippen LogP contribution in [0, 0.1) is 6.92 Å². The third-order valence-electron chi connectivity index (χ3n) is 3.17. The summed E-state index contributed by atoms with van der Waals surface area (Å²) in [6, 6.07) is 15.4. The summed E-state index contributed by atoms with van der Waals surface area (Å²) in [6.45, 7) is 2.39. The Morgan fingerprint density at radius 2 is 1.95 bits per heavy atom. The normalized spacial score (nSPS) is 10.7. The zero-order chi connectivity index (χ0) is 13.9. The van der Waals surface area contributed by atoms with Crippen LogP contribution in [-0.2, 0) is 6.54 Å². The van der Waals surface area contributed by atoms with Gasteiger partial charge in [0.2, 0.25) is 0 Å². The maximum absolute atomic E-state index is 12.3. The van der Waals surface area contributed by atoms with E-state index >= 15 is 0 Å². The number of nitrogens with zero attached hydrogens (tertiary/aromatic N) is 1. The lowest BCUT2D eigenvalue weighted by Crippen LogP contribution is -2.23. The molecular formula is C16H15N3O. The van der Waals surface area contributed by atoms with Crippen LogP contribution in [0.5, 0.6) is 0 Å². The van der Waals surface area contributed by atoms with Crippen LogP contribution >= 0.6 is 0 Å². The number of aromatic amines is 1. The van der Waals surface area contributed by atoms with Gasteiger partial charge in [-0.2, -0.15) is 0 Å². The minimum Gasteiger partial charge on any atom is -0.348 e. The zero-order valence-electron chi connectivity index (χ0n) is 11.2. The van der Waals surface area contributed by atoms with Crippen molar-refractivity contribution in [2.24, 2.45) is 0 Å². The van der Waals surface area contributed by atoms with Gasteiger partial charge in [0.25, 0.3) is 5.91 Å². The number of carbonyl (C=O) groups is 1. The Hall–Kier alpha value is -2.62. The molecule has 4 heteroatoms. The second-order valence-electron chi connectivity index (χ2n) is 4.69. The minimum absolute atomic E-state index is 0.106. The van der Waals surface area contributed by atoms with Gasteiger partial charge in [-0.25, -0.2) is 4.98 Å². The molecule has 4 nitrogen and oxygen atoms in total. The van der Waals surface area contributed by atoms with Gasteiger partial charge < -0.3 is 10.3 Å². The van der Waals surface area contributed by atoms with Crippen molar-refractivity contribution in [3.63, 3.8) is 0 Å². The maximum atomic E-state index is 12.3. The number of fused-ring (bicyclic) bond motifs is 1. The lowest BCUT2D eigenvalue weighted by atomic mass is 10.1.